The number of nitrogens with zero attached hydrogens (tertiary/aromatic N) is 1. The van der Waals surface area contributed by atoms with E-state index in [0.29, 0.717) is 6.54 Å². The first-order valence-electron chi connectivity index (χ1n) is 7.53. The number of hydrogen-bond donors (Lipinski definition) is 0. The summed E-state index contributed by atoms with van der Waals surface area (Å²) in [6.07, 6.45) is 1.79. The normalized spacial score (nSPS) is 13.4. The highest BCUT2D eigenvalue weighted by Crippen LogP contribution is 2.30. The topological polar surface area (TPSA) is 38.8 Å². The number of benzene rings is 2. The van der Waals surface area contributed by atoms with Gasteiger partial charge in [-0.2, -0.15) is 0 Å². The maximum Gasteiger partial charge on any atom is 0.264 e. The molecule has 0 radical (unpaired) electrons. The van der Waals surface area contributed by atoms with E-state index in [0.717, 1.165) is 29.8 Å². The van der Waals surface area contributed by atoms with Gasteiger partial charge in [-0.3, -0.25) is 4.79 Å². The van der Waals surface area contributed by atoms with Crippen LogP contribution in [0.5, 0.6) is 11.5 Å². The average Bonchev–Trinajstić information content (AvgIpc) is 2.59. The maximum atomic E-state index is 13.5. The summed E-state index contributed by atoms with van der Waals surface area (Å²) in [5, 5.41) is 0. The first kappa shape index (κ1) is 15.3. The van der Waals surface area contributed by atoms with Gasteiger partial charge < -0.3 is 14.4 Å². The fraction of sp³-hybridized carbons (Fsp3) is 0.278. The monoisotopic (exact) mass is 315 g/mol. The van der Waals surface area contributed by atoms with Crippen molar-refractivity contribution in [2.24, 2.45) is 0 Å². The summed E-state index contributed by atoms with van der Waals surface area (Å²) in [7, 11) is 1.62. The molecule has 4 nitrogen and oxygen atoms in total. The molecule has 2 aromatic rings. The summed E-state index contributed by atoms with van der Waals surface area (Å²) < 4.78 is 24.1. The van der Waals surface area contributed by atoms with Crippen molar-refractivity contribution in [1.82, 2.24) is 0 Å². The first-order chi connectivity index (χ1) is 11.2. The Labute approximate surface area is 134 Å². The van der Waals surface area contributed by atoms with Crippen molar-refractivity contribution >= 4 is 11.6 Å². The Balaban J connectivity index is 1.73. The quantitative estimate of drug-likeness (QED) is 0.870. The lowest BCUT2D eigenvalue weighted by molar-refractivity contribution is -0.120. The van der Waals surface area contributed by atoms with Crippen LogP contribution < -0.4 is 14.4 Å². The Morgan fingerprint density at radius 2 is 2.09 bits per heavy atom. The fourth-order valence-electron chi connectivity index (χ4n) is 2.74. The second-order valence-electron chi connectivity index (χ2n) is 5.36. The number of para-hydroxylation sites is 1. The maximum absolute atomic E-state index is 13.5. The summed E-state index contributed by atoms with van der Waals surface area (Å²) in [4.78, 5) is 14.1. The van der Waals surface area contributed by atoms with Crippen LogP contribution in [0.1, 0.15) is 12.0 Å². The molecule has 3 rings (SSSR count). The molecule has 0 atom stereocenters. The van der Waals surface area contributed by atoms with Gasteiger partial charge in [0.2, 0.25) is 0 Å². The zero-order valence-corrected chi connectivity index (χ0v) is 12.9. The van der Waals surface area contributed by atoms with Crippen molar-refractivity contribution in [2.75, 3.05) is 25.2 Å². The Morgan fingerprint density at radius 3 is 2.87 bits per heavy atom. The van der Waals surface area contributed by atoms with Gasteiger partial charge >= 0.3 is 0 Å². The van der Waals surface area contributed by atoms with E-state index >= 15 is 0 Å². The molecule has 0 unspecified atom stereocenters. The van der Waals surface area contributed by atoms with Gasteiger partial charge in [-0.05, 0) is 48.7 Å². The summed E-state index contributed by atoms with van der Waals surface area (Å²) in [6.45, 7) is 0.450. The predicted octanol–water partition coefficient (Wildman–Crippen LogP) is 3.19. The van der Waals surface area contributed by atoms with Crippen LogP contribution in [0.15, 0.2) is 42.5 Å². The lowest BCUT2D eigenvalue weighted by Crippen LogP contribution is -2.38. The van der Waals surface area contributed by atoms with Gasteiger partial charge in [0.15, 0.2) is 18.2 Å². The molecule has 5 heteroatoms. The lowest BCUT2D eigenvalue weighted by atomic mass is 10.0. The molecule has 1 heterocycles. The van der Waals surface area contributed by atoms with E-state index < -0.39 is 5.82 Å². The highest BCUT2D eigenvalue weighted by atomic mass is 19.1. The molecule has 1 amide bonds. The largest absolute Gasteiger partial charge is 0.497 e. The van der Waals surface area contributed by atoms with Crippen LogP contribution in [0.3, 0.4) is 0 Å². The summed E-state index contributed by atoms with van der Waals surface area (Å²) >= 11 is 0. The summed E-state index contributed by atoms with van der Waals surface area (Å²) in [5.41, 5.74) is 1.95. The van der Waals surface area contributed by atoms with Crippen LogP contribution in [-0.2, 0) is 11.2 Å². The zero-order valence-electron chi connectivity index (χ0n) is 12.9. The van der Waals surface area contributed by atoms with E-state index in [1.807, 2.05) is 18.2 Å². The molecule has 0 bridgehead atoms. The average molecular weight is 315 g/mol. The molecule has 0 aliphatic carbocycles. The Morgan fingerprint density at radius 1 is 1.26 bits per heavy atom. The zero-order chi connectivity index (χ0) is 16.2. The number of aryl methyl sites for hydroxylation is 1. The number of fused-ring (bicyclic) bond motifs is 1. The van der Waals surface area contributed by atoms with Crippen molar-refractivity contribution in [2.45, 2.75) is 12.8 Å². The molecule has 120 valence electrons. The molecule has 1 aliphatic heterocycles. The molecular formula is C18H18FNO3. The number of amides is 1. The molecule has 0 saturated carbocycles. The summed E-state index contributed by atoms with van der Waals surface area (Å²) in [5.74, 6) is 0.219. The number of anilines is 1. The minimum Gasteiger partial charge on any atom is -0.497 e. The second-order valence-corrected chi connectivity index (χ2v) is 5.36. The van der Waals surface area contributed by atoms with Gasteiger partial charge in [0, 0.05) is 12.2 Å². The fourth-order valence-corrected chi connectivity index (χ4v) is 2.74. The van der Waals surface area contributed by atoms with Gasteiger partial charge in [-0.25, -0.2) is 4.39 Å². The van der Waals surface area contributed by atoms with Crippen LogP contribution in [0, 0.1) is 5.82 Å². The van der Waals surface area contributed by atoms with Crippen molar-refractivity contribution in [3.8, 4) is 11.5 Å². The Kier molecular flexibility index (Phi) is 4.46. The number of halogens is 1. The molecule has 0 aromatic heterocycles. The van der Waals surface area contributed by atoms with Crippen molar-refractivity contribution < 1.29 is 18.7 Å². The predicted molar refractivity (Wildman–Crippen MR) is 85.6 cm³/mol. The number of carbonyl (C=O) groups is 1. The van der Waals surface area contributed by atoms with Crippen LogP contribution in [0.2, 0.25) is 0 Å². The van der Waals surface area contributed by atoms with Crippen LogP contribution in [-0.4, -0.2) is 26.2 Å². The second kappa shape index (κ2) is 6.69. The molecule has 0 N–H and O–H groups in total. The standard InChI is InChI=1S/C18H18FNO3/c1-22-14-8-9-16-13(11-14)5-4-10-20(16)18(21)12-23-17-7-3-2-6-15(17)19/h2-3,6-9,11H,4-5,10,12H2,1H3. The van der Waals surface area contributed by atoms with E-state index in [1.54, 1.807) is 24.1 Å². The molecule has 2 aromatic carbocycles. The van der Waals surface area contributed by atoms with E-state index in [9.17, 15) is 9.18 Å². The number of hydrogen-bond acceptors (Lipinski definition) is 3. The SMILES string of the molecule is COc1ccc2c(c1)CCCN2C(=O)COc1ccccc1F. The van der Waals surface area contributed by atoms with E-state index in [-0.39, 0.29) is 18.3 Å². The van der Waals surface area contributed by atoms with Gasteiger partial charge in [0.1, 0.15) is 5.75 Å². The number of carbonyl (C=O) groups excluding carboxylic acids is 1. The molecular weight excluding hydrogens is 297 g/mol. The Hall–Kier alpha value is -2.56. The molecule has 0 spiro atoms. The first-order valence-corrected chi connectivity index (χ1v) is 7.53. The van der Waals surface area contributed by atoms with Crippen LogP contribution in [0.25, 0.3) is 0 Å². The molecule has 0 saturated heterocycles. The summed E-state index contributed by atoms with van der Waals surface area (Å²) in [6, 6.07) is 11.7. The number of rotatable bonds is 4. The van der Waals surface area contributed by atoms with Gasteiger partial charge in [-0.1, -0.05) is 12.1 Å². The van der Waals surface area contributed by atoms with Gasteiger partial charge in [0.25, 0.3) is 5.91 Å². The lowest BCUT2D eigenvalue weighted by Gasteiger charge is -2.29. The van der Waals surface area contributed by atoms with Gasteiger partial charge in [-0.15, -0.1) is 0 Å². The van der Waals surface area contributed by atoms with Crippen molar-refractivity contribution in [1.29, 1.82) is 0 Å². The van der Waals surface area contributed by atoms with Gasteiger partial charge in [0.05, 0.1) is 7.11 Å². The molecule has 0 fully saturated rings. The van der Waals surface area contributed by atoms with E-state index in [1.165, 1.54) is 12.1 Å². The smallest absolute Gasteiger partial charge is 0.264 e. The number of methoxy groups -OCH3 is 1. The van der Waals surface area contributed by atoms with Crippen molar-refractivity contribution in [3.63, 3.8) is 0 Å². The minimum atomic E-state index is -0.468. The van der Waals surface area contributed by atoms with Crippen LogP contribution >= 0.6 is 0 Å². The van der Waals surface area contributed by atoms with E-state index in [4.69, 9.17) is 9.47 Å². The minimum absolute atomic E-state index is 0.0906. The third kappa shape index (κ3) is 3.28. The number of ether oxygens (including phenoxy) is 2. The third-order valence-electron chi connectivity index (χ3n) is 3.89. The van der Waals surface area contributed by atoms with Crippen molar-refractivity contribution in [3.05, 3.63) is 53.8 Å². The highest BCUT2D eigenvalue weighted by Gasteiger charge is 2.23. The molecule has 1 aliphatic rings. The molecule has 23 heavy (non-hydrogen) atoms. The van der Waals surface area contributed by atoms with E-state index in [2.05, 4.69) is 0 Å². The third-order valence-corrected chi connectivity index (χ3v) is 3.89. The van der Waals surface area contributed by atoms with Crippen LogP contribution in [0.4, 0.5) is 10.1 Å². The highest BCUT2D eigenvalue weighted by molar-refractivity contribution is 5.95. The Bertz CT molecular complexity index is 717.